The van der Waals surface area contributed by atoms with Crippen molar-refractivity contribution in [3.05, 3.63) is 18.1 Å². The van der Waals surface area contributed by atoms with Crippen molar-refractivity contribution >= 4 is 17.6 Å². The molecule has 7 nitrogen and oxygen atoms in total. The highest BCUT2D eigenvalue weighted by Crippen LogP contribution is 2.35. The van der Waals surface area contributed by atoms with Crippen LogP contribution in [-0.2, 0) is 4.79 Å². The zero-order valence-electron chi connectivity index (χ0n) is 10.6. The molecule has 1 aliphatic rings. The fraction of sp³-hybridized carbons (Fsp3) is 0.500. The number of hydrogen-bond acceptors (Lipinski definition) is 5. The number of fused-ring (bicyclic) bond motifs is 1. The molecule has 2 aromatic rings. The van der Waals surface area contributed by atoms with Gasteiger partial charge in [0.2, 0.25) is 0 Å². The Bertz CT molecular complexity index is 620. The van der Waals surface area contributed by atoms with Crippen LogP contribution in [0.4, 0.5) is 5.82 Å². The second-order valence-corrected chi connectivity index (χ2v) is 4.94. The van der Waals surface area contributed by atoms with Gasteiger partial charge in [0.05, 0.1) is 6.42 Å². The van der Waals surface area contributed by atoms with Crippen molar-refractivity contribution in [2.75, 3.05) is 5.32 Å². The van der Waals surface area contributed by atoms with E-state index in [1.54, 1.807) is 4.52 Å². The summed E-state index contributed by atoms with van der Waals surface area (Å²) in [7, 11) is 0. The van der Waals surface area contributed by atoms with Crippen LogP contribution in [0.3, 0.4) is 0 Å². The van der Waals surface area contributed by atoms with Gasteiger partial charge < -0.3 is 10.4 Å². The highest BCUT2D eigenvalue weighted by molar-refractivity contribution is 5.68. The van der Waals surface area contributed by atoms with Gasteiger partial charge in [-0.05, 0) is 25.7 Å². The number of rotatable bonds is 5. The summed E-state index contributed by atoms with van der Waals surface area (Å²) in [5.74, 6) is 0.915. The van der Waals surface area contributed by atoms with Crippen molar-refractivity contribution in [1.29, 1.82) is 0 Å². The molecule has 2 aromatic heterocycles. The molecule has 0 aliphatic heterocycles. The maximum absolute atomic E-state index is 10.9. The predicted molar refractivity (Wildman–Crippen MR) is 67.9 cm³/mol. The van der Waals surface area contributed by atoms with E-state index in [1.165, 1.54) is 6.33 Å². The van der Waals surface area contributed by atoms with Gasteiger partial charge in [-0.3, -0.25) is 4.79 Å². The highest BCUT2D eigenvalue weighted by atomic mass is 16.4. The molecule has 2 heterocycles. The quantitative estimate of drug-likeness (QED) is 0.837. The lowest BCUT2D eigenvalue weighted by molar-refractivity contribution is -0.137. The topological polar surface area (TPSA) is 92.4 Å². The van der Waals surface area contributed by atoms with E-state index in [1.807, 2.05) is 13.0 Å². The fourth-order valence-electron chi connectivity index (χ4n) is 2.25. The largest absolute Gasteiger partial charge is 0.481 e. The SMILES string of the molecule is Cc1cc(NC(CC(=O)O)C2CC2)n2ncnc2n1. The summed E-state index contributed by atoms with van der Waals surface area (Å²) in [4.78, 5) is 19.2. The monoisotopic (exact) mass is 261 g/mol. The molecule has 2 N–H and O–H groups in total. The molecule has 0 aromatic carbocycles. The Morgan fingerprint density at radius 1 is 1.63 bits per heavy atom. The number of aromatic nitrogens is 4. The van der Waals surface area contributed by atoms with E-state index in [2.05, 4.69) is 20.4 Å². The molecule has 1 atom stereocenters. The molecule has 0 saturated heterocycles. The average molecular weight is 261 g/mol. The van der Waals surface area contributed by atoms with Crippen molar-refractivity contribution < 1.29 is 9.90 Å². The Labute approximate surface area is 109 Å². The van der Waals surface area contributed by atoms with E-state index in [4.69, 9.17) is 5.11 Å². The maximum atomic E-state index is 10.9. The van der Waals surface area contributed by atoms with Crippen LogP contribution < -0.4 is 5.32 Å². The number of nitrogens with one attached hydrogen (secondary N) is 1. The summed E-state index contributed by atoms with van der Waals surface area (Å²) in [5.41, 5.74) is 0.827. The van der Waals surface area contributed by atoms with Gasteiger partial charge in [0.15, 0.2) is 0 Å². The lowest BCUT2D eigenvalue weighted by Crippen LogP contribution is -2.26. The number of carboxylic acids is 1. The third kappa shape index (κ3) is 2.49. The molecule has 7 heteroatoms. The normalized spacial score (nSPS) is 16.5. The van der Waals surface area contributed by atoms with E-state index in [9.17, 15) is 4.79 Å². The van der Waals surface area contributed by atoms with Crippen molar-refractivity contribution in [3.8, 4) is 0 Å². The third-order valence-electron chi connectivity index (χ3n) is 3.30. The van der Waals surface area contributed by atoms with Crippen molar-refractivity contribution in [3.63, 3.8) is 0 Å². The van der Waals surface area contributed by atoms with Crippen molar-refractivity contribution in [2.24, 2.45) is 5.92 Å². The zero-order chi connectivity index (χ0) is 13.4. The first kappa shape index (κ1) is 11.9. The molecule has 1 aliphatic carbocycles. The Kier molecular flexibility index (Phi) is 2.81. The average Bonchev–Trinajstić information content (AvgIpc) is 3.07. The first-order valence-corrected chi connectivity index (χ1v) is 6.29. The Morgan fingerprint density at radius 3 is 3.11 bits per heavy atom. The Morgan fingerprint density at radius 2 is 2.42 bits per heavy atom. The number of nitrogens with zero attached hydrogens (tertiary/aromatic N) is 4. The van der Waals surface area contributed by atoms with Gasteiger partial charge in [0, 0.05) is 17.8 Å². The summed E-state index contributed by atoms with van der Waals surface area (Å²) >= 11 is 0. The van der Waals surface area contributed by atoms with E-state index in [-0.39, 0.29) is 12.5 Å². The first-order chi connectivity index (χ1) is 9.13. The first-order valence-electron chi connectivity index (χ1n) is 6.29. The van der Waals surface area contributed by atoms with Gasteiger partial charge in [-0.1, -0.05) is 0 Å². The molecule has 0 bridgehead atoms. The Hall–Kier alpha value is -2.18. The summed E-state index contributed by atoms with van der Waals surface area (Å²) < 4.78 is 1.60. The third-order valence-corrected chi connectivity index (χ3v) is 3.30. The minimum Gasteiger partial charge on any atom is -0.481 e. The molecule has 100 valence electrons. The number of aliphatic carboxylic acids is 1. The fourth-order valence-corrected chi connectivity index (χ4v) is 2.25. The van der Waals surface area contributed by atoms with Gasteiger partial charge in [-0.2, -0.15) is 14.6 Å². The maximum Gasteiger partial charge on any atom is 0.305 e. The molecule has 1 saturated carbocycles. The minimum absolute atomic E-state index is 0.0632. The van der Waals surface area contributed by atoms with Crippen LogP contribution in [0.1, 0.15) is 25.0 Å². The Balaban J connectivity index is 1.90. The molecular weight excluding hydrogens is 246 g/mol. The van der Waals surface area contributed by atoms with Crippen LogP contribution in [0.25, 0.3) is 5.78 Å². The van der Waals surface area contributed by atoms with E-state index >= 15 is 0 Å². The van der Waals surface area contributed by atoms with Crippen LogP contribution in [0.15, 0.2) is 12.4 Å². The highest BCUT2D eigenvalue weighted by Gasteiger charge is 2.33. The molecule has 19 heavy (non-hydrogen) atoms. The van der Waals surface area contributed by atoms with E-state index in [0.29, 0.717) is 11.7 Å². The second-order valence-electron chi connectivity index (χ2n) is 4.94. The molecule has 0 radical (unpaired) electrons. The summed E-state index contributed by atoms with van der Waals surface area (Å²) in [6.07, 6.45) is 3.71. The van der Waals surface area contributed by atoms with Crippen LogP contribution in [-0.4, -0.2) is 36.7 Å². The lowest BCUT2D eigenvalue weighted by atomic mass is 10.1. The van der Waals surface area contributed by atoms with Crippen LogP contribution in [0, 0.1) is 12.8 Å². The number of anilines is 1. The van der Waals surface area contributed by atoms with E-state index < -0.39 is 5.97 Å². The van der Waals surface area contributed by atoms with Crippen LogP contribution >= 0.6 is 0 Å². The lowest BCUT2D eigenvalue weighted by Gasteiger charge is -2.18. The van der Waals surface area contributed by atoms with Gasteiger partial charge in [-0.15, -0.1) is 0 Å². The predicted octanol–water partition coefficient (Wildman–Crippen LogP) is 1.10. The molecule has 0 amide bonds. The number of hydrogen-bond donors (Lipinski definition) is 2. The minimum atomic E-state index is -0.787. The molecule has 3 rings (SSSR count). The van der Waals surface area contributed by atoms with E-state index in [0.717, 1.165) is 24.4 Å². The van der Waals surface area contributed by atoms with Crippen LogP contribution in [0.2, 0.25) is 0 Å². The summed E-state index contributed by atoms with van der Waals surface area (Å²) in [6.45, 7) is 1.88. The second kappa shape index (κ2) is 4.49. The molecule has 0 spiro atoms. The smallest absolute Gasteiger partial charge is 0.305 e. The van der Waals surface area contributed by atoms with Crippen LogP contribution in [0.5, 0.6) is 0 Å². The molecule has 1 unspecified atom stereocenters. The zero-order valence-corrected chi connectivity index (χ0v) is 10.6. The van der Waals surface area contributed by atoms with Crippen molar-refractivity contribution in [2.45, 2.75) is 32.2 Å². The van der Waals surface area contributed by atoms with Gasteiger partial charge >= 0.3 is 5.97 Å². The van der Waals surface area contributed by atoms with Gasteiger partial charge in [0.25, 0.3) is 5.78 Å². The molecule has 1 fully saturated rings. The number of carboxylic acid groups (broad SMARTS) is 1. The number of carbonyl (C=O) groups is 1. The van der Waals surface area contributed by atoms with Crippen molar-refractivity contribution in [1.82, 2.24) is 19.6 Å². The summed E-state index contributed by atoms with van der Waals surface area (Å²) in [5, 5.41) is 16.4. The number of aryl methyl sites for hydroxylation is 1. The van der Waals surface area contributed by atoms with Gasteiger partial charge in [-0.25, -0.2) is 4.98 Å². The van der Waals surface area contributed by atoms with Gasteiger partial charge in [0.1, 0.15) is 12.1 Å². The standard InChI is InChI=1S/C12H15N5O2/c1-7-4-10(17-12(15-7)13-6-14-17)16-9(5-11(18)19)8-2-3-8/h4,6,8-9,16H,2-3,5H2,1H3,(H,18,19). The summed E-state index contributed by atoms with van der Waals surface area (Å²) in [6, 6.07) is 1.80. The molecular formula is C12H15N5O2.